The average Bonchev–Trinajstić information content (AvgIpc) is 3.41. The van der Waals surface area contributed by atoms with Crippen LogP contribution < -0.4 is 0 Å². The van der Waals surface area contributed by atoms with Crippen LogP contribution >= 0.6 is 0 Å². The summed E-state index contributed by atoms with van der Waals surface area (Å²) in [4.78, 5) is 38.2. The first-order valence-corrected chi connectivity index (χ1v) is 30.3. The molecule has 75 heavy (non-hydrogen) atoms. The van der Waals surface area contributed by atoms with Crippen LogP contribution in [0, 0.1) is 0 Å². The maximum Gasteiger partial charge on any atom is 0.306 e. The molecule has 0 spiro atoms. The fourth-order valence-corrected chi connectivity index (χ4v) is 7.83. The molecule has 0 N–H and O–H groups in total. The van der Waals surface area contributed by atoms with Gasteiger partial charge in [0.15, 0.2) is 6.10 Å². The highest BCUT2D eigenvalue weighted by atomic mass is 16.6. The molecule has 0 aromatic carbocycles. The van der Waals surface area contributed by atoms with Gasteiger partial charge in [-0.15, -0.1) is 0 Å². The van der Waals surface area contributed by atoms with Crippen molar-refractivity contribution in [2.75, 3.05) is 13.2 Å². The van der Waals surface area contributed by atoms with Gasteiger partial charge in [-0.05, 0) is 135 Å². The number of hydrogen-bond acceptors (Lipinski definition) is 6. The quantitative estimate of drug-likeness (QED) is 0.0261. The topological polar surface area (TPSA) is 78.9 Å². The van der Waals surface area contributed by atoms with Crippen molar-refractivity contribution in [2.45, 2.75) is 258 Å². The Kier molecular flexibility index (Phi) is 58.0. The number of esters is 3. The lowest BCUT2D eigenvalue weighted by molar-refractivity contribution is -0.167. The van der Waals surface area contributed by atoms with Crippen LogP contribution in [-0.4, -0.2) is 37.2 Å². The van der Waals surface area contributed by atoms with Gasteiger partial charge in [0.1, 0.15) is 13.2 Å². The van der Waals surface area contributed by atoms with Crippen molar-refractivity contribution in [1.82, 2.24) is 0 Å². The monoisotopic (exact) mass is 1030 g/mol. The second-order valence-electron chi connectivity index (χ2n) is 19.5. The summed E-state index contributed by atoms with van der Waals surface area (Å²) >= 11 is 0. The van der Waals surface area contributed by atoms with E-state index in [2.05, 4.69) is 167 Å². The van der Waals surface area contributed by atoms with Crippen LogP contribution in [0.3, 0.4) is 0 Å². The zero-order valence-corrected chi connectivity index (χ0v) is 48.3. The molecule has 0 amide bonds. The van der Waals surface area contributed by atoms with Crippen LogP contribution in [0.15, 0.2) is 146 Å². The Bertz CT molecular complexity index is 1660. The van der Waals surface area contributed by atoms with E-state index in [4.69, 9.17) is 14.2 Å². The van der Waals surface area contributed by atoms with E-state index >= 15 is 0 Å². The van der Waals surface area contributed by atoms with Gasteiger partial charge in [-0.3, -0.25) is 14.4 Å². The number of hydrogen-bond donors (Lipinski definition) is 0. The van der Waals surface area contributed by atoms with E-state index in [0.29, 0.717) is 19.3 Å². The summed E-state index contributed by atoms with van der Waals surface area (Å²) in [6.45, 7) is 6.29. The molecular weight excluding hydrogens is 925 g/mol. The molecular formula is C69H110O6. The molecule has 0 bridgehead atoms. The van der Waals surface area contributed by atoms with Gasteiger partial charge >= 0.3 is 17.9 Å². The molecule has 0 saturated carbocycles. The predicted molar refractivity (Wildman–Crippen MR) is 325 cm³/mol. The highest BCUT2D eigenvalue weighted by molar-refractivity contribution is 5.71. The second-order valence-corrected chi connectivity index (χ2v) is 19.5. The molecule has 0 aliphatic carbocycles. The average molecular weight is 1040 g/mol. The third kappa shape index (κ3) is 60.0. The number of allylic oxidation sites excluding steroid dienone is 24. The molecule has 0 aliphatic rings. The first-order chi connectivity index (χ1) is 37.0. The number of carbonyl (C=O) groups is 3. The van der Waals surface area contributed by atoms with E-state index in [1.165, 1.54) is 57.8 Å². The van der Waals surface area contributed by atoms with Crippen LogP contribution in [0.2, 0.25) is 0 Å². The Morgan fingerprint density at radius 2 is 0.520 bits per heavy atom. The minimum atomic E-state index is -0.816. The fourth-order valence-electron chi connectivity index (χ4n) is 7.83. The Labute approximate surface area is 461 Å². The predicted octanol–water partition coefficient (Wildman–Crippen LogP) is 20.8. The largest absolute Gasteiger partial charge is 0.462 e. The molecule has 0 radical (unpaired) electrons. The third-order valence-corrected chi connectivity index (χ3v) is 12.3. The van der Waals surface area contributed by atoms with Gasteiger partial charge in [-0.2, -0.15) is 0 Å². The molecule has 0 saturated heterocycles. The summed E-state index contributed by atoms with van der Waals surface area (Å²) in [7, 11) is 0. The lowest BCUT2D eigenvalue weighted by Gasteiger charge is -2.18. The molecule has 6 heteroatoms. The molecule has 422 valence electrons. The van der Waals surface area contributed by atoms with Crippen LogP contribution in [0.4, 0.5) is 0 Å². The smallest absolute Gasteiger partial charge is 0.306 e. The Morgan fingerprint density at radius 1 is 0.280 bits per heavy atom. The van der Waals surface area contributed by atoms with E-state index in [1.807, 2.05) is 0 Å². The van der Waals surface area contributed by atoms with Crippen molar-refractivity contribution in [3.05, 3.63) is 146 Å². The van der Waals surface area contributed by atoms with Gasteiger partial charge in [0, 0.05) is 19.3 Å². The Balaban J connectivity index is 4.46. The van der Waals surface area contributed by atoms with E-state index < -0.39 is 6.10 Å². The molecule has 0 rings (SSSR count). The van der Waals surface area contributed by atoms with Gasteiger partial charge in [-0.25, -0.2) is 0 Å². The summed E-state index contributed by atoms with van der Waals surface area (Å²) in [5.74, 6) is -0.974. The van der Waals surface area contributed by atoms with Crippen LogP contribution in [0.5, 0.6) is 0 Å². The maximum absolute atomic E-state index is 12.9. The van der Waals surface area contributed by atoms with Crippen molar-refractivity contribution in [2.24, 2.45) is 0 Å². The van der Waals surface area contributed by atoms with Crippen molar-refractivity contribution in [3.8, 4) is 0 Å². The molecule has 1 atom stereocenters. The summed E-state index contributed by atoms with van der Waals surface area (Å²) < 4.78 is 16.8. The zero-order chi connectivity index (χ0) is 54.3. The molecule has 6 nitrogen and oxygen atoms in total. The number of rotatable bonds is 53. The summed E-state index contributed by atoms with van der Waals surface area (Å²) in [6, 6.07) is 0. The zero-order valence-electron chi connectivity index (χ0n) is 48.3. The van der Waals surface area contributed by atoms with Crippen molar-refractivity contribution < 1.29 is 28.6 Å². The van der Waals surface area contributed by atoms with E-state index in [9.17, 15) is 14.4 Å². The van der Waals surface area contributed by atoms with Gasteiger partial charge in [0.05, 0.1) is 0 Å². The minimum Gasteiger partial charge on any atom is -0.462 e. The Morgan fingerprint density at radius 3 is 0.840 bits per heavy atom. The first kappa shape index (κ1) is 70.3. The van der Waals surface area contributed by atoms with Gasteiger partial charge in [0.25, 0.3) is 0 Å². The van der Waals surface area contributed by atoms with Gasteiger partial charge in [-0.1, -0.05) is 244 Å². The van der Waals surface area contributed by atoms with Crippen molar-refractivity contribution >= 4 is 17.9 Å². The van der Waals surface area contributed by atoms with Gasteiger partial charge < -0.3 is 14.2 Å². The summed E-state index contributed by atoms with van der Waals surface area (Å²) in [6.07, 6.45) is 88.4. The maximum atomic E-state index is 12.9. The van der Waals surface area contributed by atoms with Crippen LogP contribution in [-0.2, 0) is 28.6 Å². The highest BCUT2D eigenvalue weighted by Gasteiger charge is 2.19. The van der Waals surface area contributed by atoms with E-state index in [1.54, 1.807) is 0 Å². The molecule has 0 heterocycles. The summed E-state index contributed by atoms with van der Waals surface area (Å²) in [5, 5.41) is 0. The number of ether oxygens (including phenoxy) is 3. The SMILES string of the molecule is CC/C=C\C/C=C\C/C=C\C/C=C\C/C=C\C/C=C\CCCCC(=O)OC(COC(=O)CCCCCCC/C=C\C/C=C\CCC)COC(=O)CCCCCCCCCCCC/C=C\C/C=C\C/C=C\C/C=C\CC. The molecule has 0 aromatic rings. The molecule has 0 aliphatic heterocycles. The van der Waals surface area contributed by atoms with E-state index in [-0.39, 0.29) is 37.5 Å². The lowest BCUT2D eigenvalue weighted by atomic mass is 10.1. The number of carbonyl (C=O) groups excluding carboxylic acids is 3. The highest BCUT2D eigenvalue weighted by Crippen LogP contribution is 2.14. The normalized spacial score (nSPS) is 13.2. The second kappa shape index (κ2) is 61.8. The number of unbranched alkanes of at least 4 members (excludes halogenated alkanes) is 18. The van der Waals surface area contributed by atoms with Crippen LogP contribution in [0.1, 0.15) is 252 Å². The van der Waals surface area contributed by atoms with Crippen molar-refractivity contribution in [3.63, 3.8) is 0 Å². The summed E-state index contributed by atoms with van der Waals surface area (Å²) in [5.41, 5.74) is 0. The standard InChI is InChI=1S/C69H110O6/c1-4-7-10-13-16-19-22-25-27-29-31-33-34-36-37-39-41-44-47-50-53-56-59-62-68(71)74-65-66(64-73-67(70)61-58-55-52-49-46-43-24-21-18-15-12-9-6-3)75-69(72)63-60-57-54-51-48-45-42-40-38-35-32-30-28-26-23-20-17-14-11-8-5-2/h7-8,10-12,15-17,19-21,24-28,31-33,35,40,42,48,51,66H,4-6,9,13-14,18,22-23,29-30,34,36-39,41,43-47,49-50,52-65H2,1-3H3/b10-7-,11-8-,15-12-,19-16-,20-17-,24-21-,27-25-,28-26-,33-31-,35-32-,42-40-,51-48-. The van der Waals surface area contributed by atoms with Crippen LogP contribution in [0.25, 0.3) is 0 Å². The molecule has 0 fully saturated rings. The fraction of sp³-hybridized carbons (Fsp3) is 0.609. The molecule has 1 unspecified atom stereocenters. The Hall–Kier alpha value is -4.71. The minimum absolute atomic E-state index is 0.108. The molecule has 0 aromatic heterocycles. The third-order valence-electron chi connectivity index (χ3n) is 12.3. The lowest BCUT2D eigenvalue weighted by Crippen LogP contribution is -2.30. The van der Waals surface area contributed by atoms with Crippen molar-refractivity contribution in [1.29, 1.82) is 0 Å². The first-order valence-electron chi connectivity index (χ1n) is 30.3. The van der Waals surface area contributed by atoms with Gasteiger partial charge in [0.2, 0.25) is 0 Å². The van der Waals surface area contributed by atoms with E-state index in [0.717, 1.165) is 148 Å².